The number of hydrogen-bond donors (Lipinski definition) is 2. The van der Waals surface area contributed by atoms with Crippen molar-refractivity contribution in [2.45, 2.75) is 50.7 Å². The zero-order valence-corrected chi connectivity index (χ0v) is 13.3. The largest absolute Gasteiger partial charge is 0.467 e. The molecule has 2 atom stereocenters. The summed E-state index contributed by atoms with van der Waals surface area (Å²) in [5.41, 5.74) is 0. The summed E-state index contributed by atoms with van der Waals surface area (Å²) in [6, 6.07) is -0.688. The van der Waals surface area contributed by atoms with E-state index in [1.54, 1.807) is 0 Å². The zero-order chi connectivity index (χ0) is 15.2. The van der Waals surface area contributed by atoms with E-state index < -0.39 is 17.3 Å². The standard InChI is InChI=1S/C13H25NO4S/c1-8(2)10(12(17)18-6)14-11(16)9(7-15)19-13(3,4)5/h8-10,15H,7H2,1-6H3,(H,14,16)/t9-,10-/m0/s1. The molecule has 1 amide bonds. The first-order valence-corrected chi connectivity index (χ1v) is 7.17. The lowest BCUT2D eigenvalue weighted by molar-refractivity contribution is -0.146. The van der Waals surface area contributed by atoms with Crippen molar-refractivity contribution >= 4 is 23.6 Å². The highest BCUT2D eigenvalue weighted by Gasteiger charge is 2.30. The third kappa shape index (κ3) is 6.82. The number of hydrogen-bond acceptors (Lipinski definition) is 5. The fourth-order valence-electron chi connectivity index (χ4n) is 1.47. The molecule has 0 unspecified atom stereocenters. The molecule has 5 nitrogen and oxygen atoms in total. The summed E-state index contributed by atoms with van der Waals surface area (Å²) in [7, 11) is 1.29. The van der Waals surface area contributed by atoms with Crippen LogP contribution in [0.5, 0.6) is 0 Å². The first-order valence-electron chi connectivity index (χ1n) is 6.29. The smallest absolute Gasteiger partial charge is 0.328 e. The number of esters is 1. The number of ether oxygens (including phenoxy) is 1. The molecular formula is C13H25NO4S. The molecule has 0 aliphatic rings. The highest BCUT2D eigenvalue weighted by molar-refractivity contribution is 8.01. The maximum atomic E-state index is 12.1. The third-order valence-electron chi connectivity index (χ3n) is 2.37. The van der Waals surface area contributed by atoms with Gasteiger partial charge < -0.3 is 15.2 Å². The van der Waals surface area contributed by atoms with E-state index in [1.807, 2.05) is 34.6 Å². The van der Waals surface area contributed by atoms with Crippen molar-refractivity contribution in [3.63, 3.8) is 0 Å². The number of carbonyl (C=O) groups excluding carboxylic acids is 2. The van der Waals surface area contributed by atoms with E-state index in [9.17, 15) is 14.7 Å². The maximum Gasteiger partial charge on any atom is 0.328 e. The number of amides is 1. The minimum absolute atomic E-state index is 0.0737. The van der Waals surface area contributed by atoms with Crippen LogP contribution in [0.4, 0.5) is 0 Å². The van der Waals surface area contributed by atoms with Gasteiger partial charge in [-0.25, -0.2) is 4.79 Å². The van der Waals surface area contributed by atoms with Gasteiger partial charge in [0.25, 0.3) is 0 Å². The molecule has 0 aromatic heterocycles. The van der Waals surface area contributed by atoms with Gasteiger partial charge in [0.1, 0.15) is 11.3 Å². The Morgan fingerprint density at radius 3 is 2.16 bits per heavy atom. The Morgan fingerprint density at radius 2 is 1.84 bits per heavy atom. The molecule has 0 aliphatic heterocycles. The molecule has 112 valence electrons. The van der Waals surface area contributed by atoms with Crippen LogP contribution in [0, 0.1) is 5.92 Å². The van der Waals surface area contributed by atoms with Gasteiger partial charge in [-0.05, 0) is 5.92 Å². The molecule has 0 aromatic carbocycles. The van der Waals surface area contributed by atoms with E-state index in [4.69, 9.17) is 0 Å². The van der Waals surface area contributed by atoms with Crippen molar-refractivity contribution in [2.75, 3.05) is 13.7 Å². The molecule has 0 heterocycles. The molecule has 0 bridgehead atoms. The number of methoxy groups -OCH3 is 1. The van der Waals surface area contributed by atoms with Gasteiger partial charge in [0.05, 0.1) is 13.7 Å². The second-order valence-corrected chi connectivity index (χ2v) is 7.68. The quantitative estimate of drug-likeness (QED) is 0.719. The van der Waals surface area contributed by atoms with Crippen LogP contribution in [-0.4, -0.2) is 46.7 Å². The van der Waals surface area contributed by atoms with E-state index in [-0.39, 0.29) is 23.2 Å². The van der Waals surface area contributed by atoms with Gasteiger partial charge in [-0.15, -0.1) is 11.8 Å². The normalized spacial score (nSPS) is 14.9. The second kappa shape index (κ2) is 7.75. The Balaban J connectivity index is 4.74. The van der Waals surface area contributed by atoms with Crippen molar-refractivity contribution in [1.82, 2.24) is 5.32 Å². The Hall–Kier alpha value is -0.750. The van der Waals surface area contributed by atoms with E-state index >= 15 is 0 Å². The Labute approximate surface area is 119 Å². The van der Waals surface area contributed by atoms with Crippen LogP contribution in [0.1, 0.15) is 34.6 Å². The van der Waals surface area contributed by atoms with Gasteiger partial charge in [-0.1, -0.05) is 34.6 Å². The molecule has 0 rings (SSSR count). The second-order valence-electron chi connectivity index (χ2n) is 5.65. The average Bonchev–Trinajstić information content (AvgIpc) is 2.30. The molecule has 0 spiro atoms. The highest BCUT2D eigenvalue weighted by atomic mass is 32.2. The van der Waals surface area contributed by atoms with Gasteiger partial charge in [0.2, 0.25) is 5.91 Å². The number of nitrogens with one attached hydrogen (secondary N) is 1. The molecule has 0 saturated heterocycles. The van der Waals surface area contributed by atoms with Crippen LogP contribution in [0.15, 0.2) is 0 Å². The minimum Gasteiger partial charge on any atom is -0.467 e. The maximum absolute atomic E-state index is 12.1. The monoisotopic (exact) mass is 291 g/mol. The van der Waals surface area contributed by atoms with Crippen molar-refractivity contribution in [2.24, 2.45) is 5.92 Å². The summed E-state index contributed by atoms with van der Waals surface area (Å²) in [5.74, 6) is -0.886. The summed E-state index contributed by atoms with van der Waals surface area (Å²) in [5, 5.41) is 11.4. The van der Waals surface area contributed by atoms with Crippen molar-refractivity contribution in [1.29, 1.82) is 0 Å². The summed E-state index contributed by atoms with van der Waals surface area (Å²) in [6.07, 6.45) is 0. The Bertz CT molecular complexity index is 312. The highest BCUT2D eigenvalue weighted by Crippen LogP contribution is 2.28. The summed E-state index contributed by atoms with van der Waals surface area (Å²) in [4.78, 5) is 23.7. The number of aliphatic hydroxyl groups is 1. The first-order chi connectivity index (χ1) is 8.62. The Morgan fingerprint density at radius 1 is 1.32 bits per heavy atom. The predicted octanol–water partition coefficient (Wildman–Crippen LogP) is 1.19. The molecule has 0 saturated carbocycles. The van der Waals surface area contributed by atoms with Gasteiger partial charge in [-0.3, -0.25) is 4.79 Å². The van der Waals surface area contributed by atoms with Gasteiger partial charge in [0, 0.05) is 4.75 Å². The van der Waals surface area contributed by atoms with E-state index in [1.165, 1.54) is 18.9 Å². The number of carbonyl (C=O) groups is 2. The summed E-state index contributed by atoms with van der Waals surface area (Å²) in [6.45, 7) is 9.29. The van der Waals surface area contributed by atoms with Crippen LogP contribution in [0.25, 0.3) is 0 Å². The fraction of sp³-hybridized carbons (Fsp3) is 0.846. The summed E-state index contributed by atoms with van der Waals surface area (Å²) >= 11 is 1.37. The predicted molar refractivity (Wildman–Crippen MR) is 77.0 cm³/mol. The molecule has 0 fully saturated rings. The van der Waals surface area contributed by atoms with Gasteiger partial charge in [0.15, 0.2) is 0 Å². The number of aliphatic hydroxyl groups excluding tert-OH is 1. The van der Waals surface area contributed by atoms with Gasteiger partial charge in [-0.2, -0.15) is 0 Å². The summed E-state index contributed by atoms with van der Waals surface area (Å²) < 4.78 is 4.52. The molecule has 6 heteroatoms. The van der Waals surface area contributed by atoms with Crippen LogP contribution in [-0.2, 0) is 14.3 Å². The molecule has 0 radical (unpaired) electrons. The van der Waals surface area contributed by atoms with Crippen LogP contribution < -0.4 is 5.32 Å². The van der Waals surface area contributed by atoms with Crippen LogP contribution >= 0.6 is 11.8 Å². The number of rotatable bonds is 6. The SMILES string of the molecule is COC(=O)[C@@H](NC(=O)[C@H](CO)SC(C)(C)C)C(C)C. The van der Waals surface area contributed by atoms with Crippen LogP contribution in [0.2, 0.25) is 0 Å². The minimum atomic E-state index is -0.688. The topological polar surface area (TPSA) is 75.6 Å². The molecule has 0 aromatic rings. The first kappa shape index (κ1) is 18.2. The molecular weight excluding hydrogens is 266 g/mol. The lowest BCUT2D eigenvalue weighted by Gasteiger charge is -2.26. The third-order valence-corrected chi connectivity index (χ3v) is 3.73. The fourth-order valence-corrected chi connectivity index (χ4v) is 2.57. The Kier molecular flexibility index (Phi) is 7.44. The van der Waals surface area contributed by atoms with Crippen molar-refractivity contribution < 1.29 is 19.4 Å². The van der Waals surface area contributed by atoms with Crippen molar-refractivity contribution in [3.05, 3.63) is 0 Å². The van der Waals surface area contributed by atoms with E-state index in [0.717, 1.165) is 0 Å². The van der Waals surface area contributed by atoms with Crippen molar-refractivity contribution in [3.8, 4) is 0 Å². The average molecular weight is 291 g/mol. The molecule has 19 heavy (non-hydrogen) atoms. The van der Waals surface area contributed by atoms with Gasteiger partial charge >= 0.3 is 5.97 Å². The van der Waals surface area contributed by atoms with E-state index in [0.29, 0.717) is 0 Å². The van der Waals surface area contributed by atoms with E-state index in [2.05, 4.69) is 10.1 Å². The lowest BCUT2D eigenvalue weighted by atomic mass is 10.0. The van der Waals surface area contributed by atoms with Crippen LogP contribution in [0.3, 0.4) is 0 Å². The number of thioether (sulfide) groups is 1. The molecule has 2 N–H and O–H groups in total. The lowest BCUT2D eigenvalue weighted by Crippen LogP contribution is -2.49. The molecule has 0 aliphatic carbocycles. The zero-order valence-electron chi connectivity index (χ0n) is 12.5.